The number of amides is 3. The molecule has 6 nitrogen and oxygen atoms in total. The van der Waals surface area contributed by atoms with Crippen molar-refractivity contribution < 1.29 is 14.4 Å². The van der Waals surface area contributed by atoms with Crippen LogP contribution in [0.1, 0.15) is 22.3 Å². The number of hydrogen-bond donors (Lipinski definition) is 1. The van der Waals surface area contributed by atoms with Crippen molar-refractivity contribution in [1.82, 2.24) is 9.47 Å². The fourth-order valence-electron chi connectivity index (χ4n) is 4.30. The van der Waals surface area contributed by atoms with Gasteiger partial charge in [-0.3, -0.25) is 19.3 Å². The smallest absolute Gasteiger partial charge is 0.294 e. The monoisotopic (exact) mass is 495 g/mol. The number of aryl methyl sites for hydroxylation is 1. The summed E-state index contributed by atoms with van der Waals surface area (Å²) < 4.78 is 2.14. The Morgan fingerprint density at radius 1 is 0.944 bits per heavy atom. The number of carbonyl (C=O) groups is 3. The molecule has 2 heterocycles. The van der Waals surface area contributed by atoms with E-state index in [9.17, 15) is 14.4 Å². The minimum atomic E-state index is -0.457. The number of benzene rings is 3. The molecule has 4 aromatic rings. The Morgan fingerprint density at radius 3 is 2.50 bits per heavy atom. The molecule has 3 amide bonds. The molecule has 0 radical (unpaired) electrons. The third-order valence-corrected chi connectivity index (χ3v) is 7.26. The van der Waals surface area contributed by atoms with Crippen LogP contribution in [0.2, 0.25) is 0 Å². The van der Waals surface area contributed by atoms with E-state index < -0.39 is 17.1 Å². The predicted molar refractivity (Wildman–Crippen MR) is 145 cm³/mol. The number of aromatic nitrogens is 1. The molecule has 1 aromatic heterocycles. The van der Waals surface area contributed by atoms with Gasteiger partial charge in [-0.15, -0.1) is 0 Å². The number of nitrogens with zero attached hydrogens (tertiary/aromatic N) is 2. The lowest BCUT2D eigenvalue weighted by molar-refractivity contribution is -0.127. The van der Waals surface area contributed by atoms with Gasteiger partial charge in [0.05, 0.1) is 4.91 Å². The van der Waals surface area contributed by atoms with E-state index in [-0.39, 0.29) is 6.54 Å². The first-order valence-electron chi connectivity index (χ1n) is 11.6. The average Bonchev–Trinajstić information content (AvgIpc) is 3.34. The molecule has 36 heavy (non-hydrogen) atoms. The molecule has 5 rings (SSSR count). The van der Waals surface area contributed by atoms with Gasteiger partial charge in [0, 0.05) is 34.9 Å². The second kappa shape index (κ2) is 9.87. The van der Waals surface area contributed by atoms with Crippen molar-refractivity contribution in [3.05, 3.63) is 106 Å². The topological polar surface area (TPSA) is 71.4 Å². The van der Waals surface area contributed by atoms with E-state index in [0.717, 1.165) is 44.3 Å². The zero-order valence-electron chi connectivity index (χ0n) is 20.0. The van der Waals surface area contributed by atoms with Gasteiger partial charge in [0.1, 0.15) is 6.54 Å². The standard InChI is InChI=1S/C29H25N3O3S/c1-19-9-8-13-24(20(19)2)30-27(33)18-32-28(34)26(36-29(32)35)15-22-17-31(16-21-10-4-3-5-11-21)25-14-7-6-12-23(22)25/h3-15,17H,16,18H2,1-2H3,(H,30,33)/b26-15-. The zero-order valence-corrected chi connectivity index (χ0v) is 20.8. The minimum Gasteiger partial charge on any atom is -0.342 e. The molecule has 7 heteroatoms. The fourth-order valence-corrected chi connectivity index (χ4v) is 5.13. The van der Waals surface area contributed by atoms with E-state index >= 15 is 0 Å². The zero-order chi connectivity index (χ0) is 25.2. The van der Waals surface area contributed by atoms with Crippen molar-refractivity contribution >= 4 is 51.5 Å². The number of hydrogen-bond acceptors (Lipinski definition) is 4. The summed E-state index contributed by atoms with van der Waals surface area (Å²) in [4.78, 5) is 39.7. The number of carbonyl (C=O) groups excluding carboxylic acids is 3. The van der Waals surface area contributed by atoms with Crippen LogP contribution in [0.25, 0.3) is 17.0 Å². The van der Waals surface area contributed by atoms with Crippen LogP contribution in [0.3, 0.4) is 0 Å². The molecule has 1 aliphatic heterocycles. The van der Waals surface area contributed by atoms with Gasteiger partial charge in [-0.05, 0) is 60.5 Å². The maximum Gasteiger partial charge on any atom is 0.294 e. The number of rotatable bonds is 6. The van der Waals surface area contributed by atoms with E-state index in [1.165, 1.54) is 5.56 Å². The molecule has 3 aromatic carbocycles. The van der Waals surface area contributed by atoms with E-state index in [1.807, 2.05) is 74.6 Å². The molecule has 1 N–H and O–H groups in total. The first kappa shape index (κ1) is 23.6. The first-order chi connectivity index (χ1) is 17.4. The quantitative estimate of drug-likeness (QED) is 0.334. The summed E-state index contributed by atoms with van der Waals surface area (Å²) in [5.74, 6) is -0.868. The lowest BCUT2D eigenvalue weighted by atomic mass is 10.1. The van der Waals surface area contributed by atoms with Gasteiger partial charge in [-0.2, -0.15) is 0 Å². The molecule has 1 fully saturated rings. The van der Waals surface area contributed by atoms with Crippen molar-refractivity contribution in [2.24, 2.45) is 0 Å². The van der Waals surface area contributed by atoms with E-state index in [2.05, 4.69) is 22.0 Å². The third kappa shape index (κ3) is 4.70. The van der Waals surface area contributed by atoms with E-state index in [4.69, 9.17) is 0 Å². The van der Waals surface area contributed by atoms with Gasteiger partial charge >= 0.3 is 0 Å². The molecular weight excluding hydrogens is 470 g/mol. The van der Waals surface area contributed by atoms with Crippen molar-refractivity contribution in [3.63, 3.8) is 0 Å². The molecule has 0 spiro atoms. The molecule has 1 saturated heterocycles. The SMILES string of the molecule is Cc1cccc(NC(=O)CN2C(=O)S/C(=C\c3cn(Cc4ccccc4)c4ccccc34)C2=O)c1C. The van der Waals surface area contributed by atoms with Gasteiger partial charge < -0.3 is 9.88 Å². The summed E-state index contributed by atoms with van der Waals surface area (Å²) in [5, 5.41) is 3.36. The molecule has 0 unspecified atom stereocenters. The number of anilines is 1. The Hall–Kier alpha value is -4.10. The second-order valence-electron chi connectivity index (χ2n) is 8.78. The van der Waals surface area contributed by atoms with Crippen LogP contribution in [0.4, 0.5) is 10.5 Å². The van der Waals surface area contributed by atoms with Crippen LogP contribution < -0.4 is 5.32 Å². The fraction of sp³-hybridized carbons (Fsp3) is 0.138. The van der Waals surface area contributed by atoms with Crippen LogP contribution >= 0.6 is 11.8 Å². The van der Waals surface area contributed by atoms with Gasteiger partial charge in [0.25, 0.3) is 11.1 Å². The number of nitrogens with one attached hydrogen (secondary N) is 1. The van der Waals surface area contributed by atoms with E-state index in [1.54, 1.807) is 12.1 Å². The number of thioether (sulfide) groups is 1. The highest BCUT2D eigenvalue weighted by Gasteiger charge is 2.36. The third-order valence-electron chi connectivity index (χ3n) is 6.36. The lowest BCUT2D eigenvalue weighted by Crippen LogP contribution is -2.36. The summed E-state index contributed by atoms with van der Waals surface area (Å²) in [6.45, 7) is 4.24. The number of para-hydroxylation sites is 1. The number of imide groups is 1. The largest absolute Gasteiger partial charge is 0.342 e. The first-order valence-corrected chi connectivity index (χ1v) is 12.5. The van der Waals surface area contributed by atoms with Crippen molar-refractivity contribution in [3.8, 4) is 0 Å². The van der Waals surface area contributed by atoms with Gasteiger partial charge in [-0.1, -0.05) is 60.7 Å². The second-order valence-corrected chi connectivity index (χ2v) is 9.77. The van der Waals surface area contributed by atoms with Gasteiger partial charge in [0.15, 0.2) is 0 Å². The maximum absolute atomic E-state index is 13.1. The highest BCUT2D eigenvalue weighted by Crippen LogP contribution is 2.34. The van der Waals surface area contributed by atoms with Crippen molar-refractivity contribution in [2.75, 3.05) is 11.9 Å². The van der Waals surface area contributed by atoms with Crippen LogP contribution in [0.5, 0.6) is 0 Å². The Balaban J connectivity index is 1.37. The Kier molecular flexibility index (Phi) is 6.48. The van der Waals surface area contributed by atoms with E-state index in [0.29, 0.717) is 17.1 Å². The van der Waals surface area contributed by atoms with Gasteiger partial charge in [-0.25, -0.2) is 0 Å². The van der Waals surface area contributed by atoms with Crippen molar-refractivity contribution in [1.29, 1.82) is 0 Å². The van der Waals surface area contributed by atoms with Gasteiger partial charge in [0.2, 0.25) is 5.91 Å². The summed E-state index contributed by atoms with van der Waals surface area (Å²) in [7, 11) is 0. The normalized spacial score (nSPS) is 14.7. The Labute approximate surface area is 213 Å². The summed E-state index contributed by atoms with van der Waals surface area (Å²) >= 11 is 0.862. The van der Waals surface area contributed by atoms with Crippen LogP contribution in [-0.2, 0) is 16.1 Å². The highest BCUT2D eigenvalue weighted by molar-refractivity contribution is 8.18. The van der Waals surface area contributed by atoms with Crippen molar-refractivity contribution in [2.45, 2.75) is 20.4 Å². The van der Waals surface area contributed by atoms with Crippen LogP contribution in [0, 0.1) is 13.8 Å². The summed E-state index contributed by atoms with van der Waals surface area (Å²) in [6, 6.07) is 23.8. The summed E-state index contributed by atoms with van der Waals surface area (Å²) in [5.41, 5.74) is 5.74. The average molecular weight is 496 g/mol. The minimum absolute atomic E-state index is 0.308. The Bertz CT molecular complexity index is 1520. The van der Waals surface area contributed by atoms with Crippen LogP contribution in [-0.4, -0.2) is 33.1 Å². The molecule has 180 valence electrons. The predicted octanol–water partition coefficient (Wildman–Crippen LogP) is 5.98. The molecule has 0 atom stereocenters. The molecule has 1 aliphatic rings. The summed E-state index contributed by atoms with van der Waals surface area (Å²) in [6.07, 6.45) is 3.75. The molecule has 0 saturated carbocycles. The molecule has 0 aliphatic carbocycles. The lowest BCUT2D eigenvalue weighted by Gasteiger charge is -2.14. The number of fused-ring (bicyclic) bond motifs is 1. The van der Waals surface area contributed by atoms with Crippen LogP contribution in [0.15, 0.2) is 83.9 Å². The Morgan fingerprint density at radius 2 is 1.69 bits per heavy atom. The highest BCUT2D eigenvalue weighted by atomic mass is 32.2. The maximum atomic E-state index is 13.1. The molecular formula is C29H25N3O3S. The molecule has 0 bridgehead atoms.